The van der Waals surface area contributed by atoms with Crippen LogP contribution in [-0.4, -0.2) is 58.0 Å². The lowest BCUT2D eigenvalue weighted by Crippen LogP contribution is -2.57. The highest BCUT2D eigenvalue weighted by atomic mass is 16.4. The van der Waals surface area contributed by atoms with Crippen LogP contribution in [0.3, 0.4) is 0 Å². The minimum Gasteiger partial charge on any atom is -0.480 e. The predicted molar refractivity (Wildman–Crippen MR) is 75.5 cm³/mol. The van der Waals surface area contributed by atoms with Gasteiger partial charge in [0.25, 0.3) is 0 Å². The summed E-state index contributed by atoms with van der Waals surface area (Å²) in [5.74, 6) is -1.53. The van der Waals surface area contributed by atoms with E-state index in [1.807, 2.05) is 0 Å². The predicted octanol–water partition coefficient (Wildman–Crippen LogP) is 0.775. The average molecular weight is 297 g/mol. The third kappa shape index (κ3) is 3.65. The number of carbonyl (C=O) groups excluding carboxylic acids is 2. The monoisotopic (exact) mass is 297 g/mol. The van der Waals surface area contributed by atoms with Gasteiger partial charge in [-0.15, -0.1) is 0 Å². The standard InChI is InChI=1S/C14H23N3O4/c15-13(20)11-7-3-4-8-16(11)14(21)17(9-12(18)19)10-5-1-2-6-10/h10-11H,1-9H2,(H2,15,20)(H,18,19). The van der Waals surface area contributed by atoms with E-state index in [9.17, 15) is 14.4 Å². The Kier molecular flexibility index (Phi) is 5.03. The Balaban J connectivity index is 2.14. The van der Waals surface area contributed by atoms with Crippen molar-refractivity contribution in [2.24, 2.45) is 5.73 Å². The van der Waals surface area contributed by atoms with Gasteiger partial charge in [0.2, 0.25) is 5.91 Å². The second-order valence-corrected chi connectivity index (χ2v) is 5.85. The zero-order valence-electron chi connectivity index (χ0n) is 12.2. The van der Waals surface area contributed by atoms with Crippen LogP contribution < -0.4 is 5.73 Å². The SMILES string of the molecule is NC(=O)C1CCCCN1C(=O)N(CC(=O)O)C1CCCC1. The number of carbonyl (C=O) groups is 3. The fourth-order valence-corrected chi connectivity index (χ4v) is 3.34. The molecule has 2 aliphatic rings. The van der Waals surface area contributed by atoms with Gasteiger partial charge in [-0.25, -0.2) is 4.79 Å². The van der Waals surface area contributed by atoms with Crippen LogP contribution in [0.2, 0.25) is 0 Å². The molecule has 1 aliphatic carbocycles. The fraction of sp³-hybridized carbons (Fsp3) is 0.786. The molecular weight excluding hydrogens is 274 g/mol. The second-order valence-electron chi connectivity index (χ2n) is 5.85. The van der Waals surface area contributed by atoms with Crippen LogP contribution in [0, 0.1) is 0 Å². The molecule has 7 nitrogen and oxygen atoms in total. The van der Waals surface area contributed by atoms with Crippen molar-refractivity contribution < 1.29 is 19.5 Å². The van der Waals surface area contributed by atoms with Crippen LogP contribution in [0.25, 0.3) is 0 Å². The van der Waals surface area contributed by atoms with Crippen LogP contribution in [0.1, 0.15) is 44.9 Å². The molecule has 1 heterocycles. The van der Waals surface area contributed by atoms with Gasteiger partial charge < -0.3 is 20.6 Å². The molecular formula is C14H23N3O4. The number of likely N-dealkylation sites (tertiary alicyclic amines) is 1. The number of piperidine rings is 1. The number of carboxylic acid groups (broad SMARTS) is 1. The lowest BCUT2D eigenvalue weighted by molar-refractivity contribution is -0.138. The van der Waals surface area contributed by atoms with E-state index in [-0.39, 0.29) is 18.6 Å². The van der Waals surface area contributed by atoms with Gasteiger partial charge in [0.1, 0.15) is 12.6 Å². The molecule has 0 radical (unpaired) electrons. The fourth-order valence-electron chi connectivity index (χ4n) is 3.34. The summed E-state index contributed by atoms with van der Waals surface area (Å²) < 4.78 is 0. The summed E-state index contributed by atoms with van der Waals surface area (Å²) in [6, 6.07) is -0.999. The molecule has 0 spiro atoms. The molecule has 0 aromatic rings. The van der Waals surface area contributed by atoms with E-state index < -0.39 is 17.9 Å². The van der Waals surface area contributed by atoms with Crippen LogP contribution in [-0.2, 0) is 9.59 Å². The number of aliphatic carboxylic acids is 1. The van der Waals surface area contributed by atoms with Crippen molar-refractivity contribution in [2.45, 2.75) is 57.0 Å². The average Bonchev–Trinajstić information content (AvgIpc) is 2.97. The number of amides is 3. The molecule has 1 atom stereocenters. The first-order chi connectivity index (χ1) is 10.0. The van der Waals surface area contributed by atoms with Crippen molar-refractivity contribution in [2.75, 3.05) is 13.1 Å². The number of carboxylic acids is 1. The third-order valence-corrected chi connectivity index (χ3v) is 4.39. The third-order valence-electron chi connectivity index (χ3n) is 4.39. The summed E-state index contributed by atoms with van der Waals surface area (Å²) in [5, 5.41) is 9.06. The molecule has 0 bridgehead atoms. The maximum atomic E-state index is 12.7. The molecule has 1 unspecified atom stereocenters. The minimum atomic E-state index is -1.03. The molecule has 7 heteroatoms. The van der Waals surface area contributed by atoms with Crippen molar-refractivity contribution in [1.29, 1.82) is 0 Å². The van der Waals surface area contributed by atoms with E-state index in [0.717, 1.165) is 38.5 Å². The number of urea groups is 1. The molecule has 3 N–H and O–H groups in total. The van der Waals surface area contributed by atoms with Crippen molar-refractivity contribution in [3.8, 4) is 0 Å². The van der Waals surface area contributed by atoms with Gasteiger partial charge in [-0.2, -0.15) is 0 Å². The largest absolute Gasteiger partial charge is 0.480 e. The Morgan fingerprint density at radius 1 is 1.10 bits per heavy atom. The molecule has 118 valence electrons. The van der Waals surface area contributed by atoms with Crippen LogP contribution in [0.5, 0.6) is 0 Å². The first kappa shape index (κ1) is 15.6. The van der Waals surface area contributed by atoms with Crippen molar-refractivity contribution in [3.05, 3.63) is 0 Å². The molecule has 1 saturated heterocycles. The van der Waals surface area contributed by atoms with Gasteiger partial charge >= 0.3 is 12.0 Å². The van der Waals surface area contributed by atoms with E-state index >= 15 is 0 Å². The summed E-state index contributed by atoms with van der Waals surface area (Å²) in [5.41, 5.74) is 5.38. The normalized spacial score (nSPS) is 23.0. The van der Waals surface area contributed by atoms with Gasteiger partial charge in [-0.05, 0) is 32.1 Å². The number of nitrogens with zero attached hydrogens (tertiary/aromatic N) is 2. The first-order valence-electron chi connectivity index (χ1n) is 7.59. The molecule has 1 saturated carbocycles. The Labute approximate surface area is 124 Å². The smallest absolute Gasteiger partial charge is 0.323 e. The van der Waals surface area contributed by atoms with E-state index in [2.05, 4.69) is 0 Å². The van der Waals surface area contributed by atoms with Gasteiger partial charge in [0.15, 0.2) is 0 Å². The number of hydrogen-bond donors (Lipinski definition) is 2. The maximum Gasteiger partial charge on any atom is 0.323 e. The van der Waals surface area contributed by atoms with Gasteiger partial charge in [0, 0.05) is 12.6 Å². The Morgan fingerprint density at radius 2 is 1.71 bits per heavy atom. The quantitative estimate of drug-likeness (QED) is 0.800. The summed E-state index contributed by atoms with van der Waals surface area (Å²) >= 11 is 0. The highest BCUT2D eigenvalue weighted by Crippen LogP contribution is 2.26. The number of hydrogen-bond acceptors (Lipinski definition) is 3. The Hall–Kier alpha value is -1.79. The van der Waals surface area contributed by atoms with Gasteiger partial charge in [-0.3, -0.25) is 9.59 Å². The first-order valence-corrected chi connectivity index (χ1v) is 7.59. The lowest BCUT2D eigenvalue weighted by Gasteiger charge is -2.39. The minimum absolute atomic E-state index is 0.0379. The molecule has 2 rings (SSSR count). The topological polar surface area (TPSA) is 104 Å². The number of primary amides is 1. The summed E-state index contributed by atoms with van der Waals surface area (Å²) in [6.45, 7) is 0.154. The van der Waals surface area contributed by atoms with E-state index in [4.69, 9.17) is 10.8 Å². The van der Waals surface area contributed by atoms with Crippen molar-refractivity contribution in [1.82, 2.24) is 9.80 Å². The van der Waals surface area contributed by atoms with E-state index in [0.29, 0.717) is 13.0 Å². The summed E-state index contributed by atoms with van der Waals surface area (Å²) in [4.78, 5) is 38.2. The molecule has 3 amide bonds. The highest BCUT2D eigenvalue weighted by Gasteiger charge is 2.37. The van der Waals surface area contributed by atoms with Crippen molar-refractivity contribution >= 4 is 17.9 Å². The maximum absolute atomic E-state index is 12.7. The number of nitrogens with two attached hydrogens (primary N) is 1. The summed E-state index contributed by atoms with van der Waals surface area (Å²) in [7, 11) is 0. The van der Waals surface area contributed by atoms with E-state index in [1.54, 1.807) is 0 Å². The van der Waals surface area contributed by atoms with Crippen LogP contribution in [0.15, 0.2) is 0 Å². The lowest BCUT2D eigenvalue weighted by atomic mass is 10.0. The zero-order chi connectivity index (χ0) is 15.4. The van der Waals surface area contributed by atoms with Crippen LogP contribution >= 0.6 is 0 Å². The molecule has 0 aromatic heterocycles. The Bertz CT molecular complexity index is 420. The molecule has 0 aromatic carbocycles. The zero-order valence-corrected chi connectivity index (χ0v) is 12.2. The summed E-state index contributed by atoms with van der Waals surface area (Å²) in [6.07, 6.45) is 5.91. The van der Waals surface area contributed by atoms with Gasteiger partial charge in [-0.1, -0.05) is 12.8 Å². The van der Waals surface area contributed by atoms with Crippen molar-refractivity contribution in [3.63, 3.8) is 0 Å². The van der Waals surface area contributed by atoms with Gasteiger partial charge in [0.05, 0.1) is 0 Å². The molecule has 1 aliphatic heterocycles. The Morgan fingerprint density at radius 3 is 2.29 bits per heavy atom. The van der Waals surface area contributed by atoms with Crippen LogP contribution in [0.4, 0.5) is 4.79 Å². The molecule has 21 heavy (non-hydrogen) atoms. The highest BCUT2D eigenvalue weighted by molar-refractivity contribution is 5.87. The van der Waals surface area contributed by atoms with E-state index in [1.165, 1.54) is 9.80 Å². The molecule has 2 fully saturated rings. The second kappa shape index (κ2) is 6.78. The number of rotatable bonds is 4.